The number of fused-ring (bicyclic) bond motifs is 1. The van der Waals surface area contributed by atoms with Gasteiger partial charge in [0.2, 0.25) is 11.9 Å². The van der Waals surface area contributed by atoms with Crippen molar-refractivity contribution >= 4 is 34.5 Å². The number of imidazole rings is 1. The highest BCUT2D eigenvalue weighted by Crippen LogP contribution is 2.33. The van der Waals surface area contributed by atoms with E-state index in [0.717, 1.165) is 68.8 Å². The number of aromatic amines is 1. The summed E-state index contributed by atoms with van der Waals surface area (Å²) in [5.74, 6) is 0.807. The quantitative estimate of drug-likeness (QED) is 0.833. The molecule has 3 aliphatic heterocycles. The number of carbonyl (C=O) groups excluding carboxylic acids is 1. The van der Waals surface area contributed by atoms with Gasteiger partial charge in [0.25, 0.3) is 0 Å². The number of piperidine rings is 2. The molecular weight excluding hydrogens is 380 g/mol. The van der Waals surface area contributed by atoms with E-state index in [1.807, 2.05) is 23.1 Å². The van der Waals surface area contributed by atoms with Crippen molar-refractivity contribution < 1.29 is 14.3 Å². The van der Waals surface area contributed by atoms with Crippen LogP contribution in [-0.2, 0) is 14.3 Å². The predicted octanol–water partition coefficient (Wildman–Crippen LogP) is 2.80. The maximum absolute atomic E-state index is 13.0. The van der Waals surface area contributed by atoms with Gasteiger partial charge in [0, 0.05) is 50.0 Å². The summed E-state index contributed by atoms with van der Waals surface area (Å²) in [5.41, 5.74) is 1.86. The number of aromatic nitrogens is 2. The highest BCUT2D eigenvalue weighted by molar-refractivity contribution is 6.31. The summed E-state index contributed by atoms with van der Waals surface area (Å²) in [6.07, 6.45) is 3.26. The van der Waals surface area contributed by atoms with Crippen molar-refractivity contribution in [1.82, 2.24) is 14.9 Å². The van der Waals surface area contributed by atoms with Crippen LogP contribution in [0.5, 0.6) is 0 Å². The smallest absolute Gasteiger partial charge is 0.225 e. The van der Waals surface area contributed by atoms with E-state index in [9.17, 15) is 4.79 Å². The van der Waals surface area contributed by atoms with Crippen LogP contribution < -0.4 is 4.90 Å². The van der Waals surface area contributed by atoms with Crippen LogP contribution in [0.4, 0.5) is 5.95 Å². The molecule has 1 aromatic heterocycles. The van der Waals surface area contributed by atoms with Gasteiger partial charge in [0.15, 0.2) is 5.79 Å². The molecule has 7 nitrogen and oxygen atoms in total. The second-order valence-corrected chi connectivity index (χ2v) is 8.35. The lowest BCUT2D eigenvalue weighted by atomic mass is 9.93. The zero-order chi connectivity index (χ0) is 19.1. The van der Waals surface area contributed by atoms with Gasteiger partial charge in [-0.2, -0.15) is 0 Å². The third-order valence-corrected chi connectivity index (χ3v) is 6.46. The molecule has 0 bridgehead atoms. The van der Waals surface area contributed by atoms with Gasteiger partial charge in [-0.3, -0.25) is 4.79 Å². The molecule has 0 aliphatic carbocycles. The van der Waals surface area contributed by atoms with Gasteiger partial charge in [-0.05, 0) is 31.0 Å². The molecular formula is C20H25ClN4O3. The second kappa shape index (κ2) is 7.21. The first-order valence-corrected chi connectivity index (χ1v) is 10.5. The topological polar surface area (TPSA) is 70.7 Å². The van der Waals surface area contributed by atoms with Crippen LogP contribution in [0.1, 0.15) is 25.7 Å². The van der Waals surface area contributed by atoms with E-state index in [4.69, 9.17) is 21.1 Å². The Morgan fingerprint density at radius 3 is 2.57 bits per heavy atom. The van der Waals surface area contributed by atoms with Crippen molar-refractivity contribution in [3.8, 4) is 0 Å². The van der Waals surface area contributed by atoms with Crippen molar-refractivity contribution in [2.45, 2.75) is 31.5 Å². The van der Waals surface area contributed by atoms with Crippen molar-refractivity contribution in [2.75, 3.05) is 44.3 Å². The van der Waals surface area contributed by atoms with Crippen molar-refractivity contribution in [1.29, 1.82) is 0 Å². The zero-order valence-corrected chi connectivity index (χ0v) is 16.6. The number of anilines is 1. The first-order valence-electron chi connectivity index (χ1n) is 10.1. The predicted molar refractivity (Wildman–Crippen MR) is 106 cm³/mol. The molecule has 1 aromatic carbocycles. The third kappa shape index (κ3) is 3.36. The molecule has 0 saturated carbocycles. The third-order valence-electron chi connectivity index (χ3n) is 6.23. The van der Waals surface area contributed by atoms with Crippen LogP contribution in [0, 0.1) is 5.92 Å². The SMILES string of the molecule is O=C(C1CCN(c2nc3ccc(Cl)cc3[nH]2)CC1)N1CCC2(CC1)OCCO2. The second-order valence-electron chi connectivity index (χ2n) is 7.92. The molecule has 28 heavy (non-hydrogen) atoms. The maximum atomic E-state index is 13.0. The Morgan fingerprint density at radius 1 is 1.14 bits per heavy atom. The molecule has 1 spiro atoms. The van der Waals surface area contributed by atoms with Crippen LogP contribution in [0.2, 0.25) is 5.02 Å². The normalized spacial score (nSPS) is 23.0. The molecule has 8 heteroatoms. The standard InChI is InChI=1S/C20H25ClN4O3/c21-15-1-2-16-17(13-15)23-19(22-16)25-7-3-14(4-8-25)18(26)24-9-5-20(6-10-24)27-11-12-28-20/h1-2,13-14H,3-12H2,(H,22,23). The monoisotopic (exact) mass is 404 g/mol. The highest BCUT2D eigenvalue weighted by Gasteiger charge is 2.42. The van der Waals surface area contributed by atoms with Crippen LogP contribution in [0.25, 0.3) is 11.0 Å². The number of nitrogens with zero attached hydrogens (tertiary/aromatic N) is 3. The Hall–Kier alpha value is -1.83. The van der Waals surface area contributed by atoms with Gasteiger partial charge in [-0.1, -0.05) is 11.6 Å². The minimum absolute atomic E-state index is 0.0922. The summed E-state index contributed by atoms with van der Waals surface area (Å²) >= 11 is 6.06. The van der Waals surface area contributed by atoms with Crippen LogP contribution in [-0.4, -0.2) is 66.0 Å². The average molecular weight is 405 g/mol. The van der Waals surface area contributed by atoms with E-state index in [1.54, 1.807) is 0 Å². The Morgan fingerprint density at radius 2 is 1.86 bits per heavy atom. The maximum Gasteiger partial charge on any atom is 0.225 e. The summed E-state index contributed by atoms with van der Waals surface area (Å²) in [4.78, 5) is 25.2. The van der Waals surface area contributed by atoms with Crippen LogP contribution >= 0.6 is 11.6 Å². The molecule has 0 atom stereocenters. The van der Waals surface area contributed by atoms with Crippen LogP contribution in [0.15, 0.2) is 18.2 Å². The number of rotatable bonds is 2. The fourth-order valence-electron chi connectivity index (χ4n) is 4.57. The Kier molecular flexibility index (Phi) is 4.69. The number of ether oxygens (including phenoxy) is 2. The molecule has 4 heterocycles. The largest absolute Gasteiger partial charge is 0.347 e. The number of benzene rings is 1. The van der Waals surface area contributed by atoms with E-state index in [2.05, 4.69) is 14.9 Å². The first-order chi connectivity index (χ1) is 13.6. The van der Waals surface area contributed by atoms with Gasteiger partial charge in [0.05, 0.1) is 24.2 Å². The molecule has 3 aliphatic rings. The van der Waals surface area contributed by atoms with Gasteiger partial charge in [-0.15, -0.1) is 0 Å². The molecule has 3 fully saturated rings. The number of amides is 1. The van der Waals surface area contributed by atoms with Gasteiger partial charge >= 0.3 is 0 Å². The van der Waals surface area contributed by atoms with Gasteiger partial charge in [-0.25, -0.2) is 4.98 Å². The average Bonchev–Trinajstić information content (AvgIpc) is 3.35. The van der Waals surface area contributed by atoms with Crippen molar-refractivity contribution in [3.63, 3.8) is 0 Å². The number of halogens is 1. The van der Waals surface area contributed by atoms with E-state index < -0.39 is 5.79 Å². The van der Waals surface area contributed by atoms with Gasteiger partial charge in [0.1, 0.15) is 0 Å². The molecule has 1 amide bonds. The summed E-state index contributed by atoms with van der Waals surface area (Å²) in [5, 5.41) is 0.698. The molecule has 3 saturated heterocycles. The van der Waals surface area contributed by atoms with Crippen LogP contribution in [0.3, 0.4) is 0 Å². The lowest BCUT2D eigenvalue weighted by Crippen LogP contribution is -2.50. The number of nitrogens with one attached hydrogen (secondary N) is 1. The lowest BCUT2D eigenvalue weighted by Gasteiger charge is -2.40. The number of H-pyrrole nitrogens is 1. The molecule has 5 rings (SSSR count). The van der Waals surface area contributed by atoms with Crippen molar-refractivity contribution in [3.05, 3.63) is 23.2 Å². The van der Waals surface area contributed by atoms with E-state index in [1.165, 1.54) is 0 Å². The zero-order valence-electron chi connectivity index (χ0n) is 15.8. The summed E-state index contributed by atoms with van der Waals surface area (Å²) in [6.45, 7) is 4.44. The number of hydrogen-bond acceptors (Lipinski definition) is 5. The molecule has 150 valence electrons. The molecule has 0 unspecified atom stereocenters. The first kappa shape index (κ1) is 18.2. The number of likely N-dealkylation sites (tertiary alicyclic amines) is 1. The fourth-order valence-corrected chi connectivity index (χ4v) is 4.74. The van der Waals surface area contributed by atoms with E-state index >= 15 is 0 Å². The van der Waals surface area contributed by atoms with Crippen molar-refractivity contribution in [2.24, 2.45) is 5.92 Å². The number of hydrogen-bond donors (Lipinski definition) is 1. The summed E-state index contributed by atoms with van der Waals surface area (Å²) < 4.78 is 11.5. The van der Waals surface area contributed by atoms with Gasteiger partial charge < -0.3 is 24.3 Å². The van der Waals surface area contributed by atoms with E-state index in [0.29, 0.717) is 18.2 Å². The highest BCUT2D eigenvalue weighted by atomic mass is 35.5. The molecule has 1 N–H and O–H groups in total. The fraction of sp³-hybridized carbons (Fsp3) is 0.600. The minimum atomic E-state index is -0.426. The Labute approximate surface area is 168 Å². The molecule has 0 radical (unpaired) electrons. The lowest BCUT2D eigenvalue weighted by molar-refractivity contribution is -0.188. The number of carbonyl (C=O) groups is 1. The van der Waals surface area contributed by atoms with E-state index in [-0.39, 0.29) is 11.8 Å². The summed E-state index contributed by atoms with van der Waals surface area (Å²) in [7, 11) is 0. The minimum Gasteiger partial charge on any atom is -0.347 e. The molecule has 2 aromatic rings. The Bertz CT molecular complexity index is 861. The summed E-state index contributed by atoms with van der Waals surface area (Å²) in [6, 6.07) is 5.67. The Balaban J connectivity index is 1.18.